The molecule has 1 N–H and O–H groups in total. The first-order valence-electron chi connectivity index (χ1n) is 9.14. The molecule has 0 atom stereocenters. The number of fused-ring (bicyclic) bond motifs is 1. The standard InChI is InChI=1S/C20H21N3O3S2/c1-13-11-17-18(12-14(13)2)27-20(21-17)22-19(24)15-5-7-16(8-6-15)28(25,26)23-9-3-4-10-23/h5-8,11-12H,3-4,9-10H2,1-2H3,(H,21,22,24). The van der Waals surface area contributed by atoms with E-state index in [1.807, 2.05) is 19.9 Å². The van der Waals surface area contributed by atoms with Gasteiger partial charge in [-0.05, 0) is 74.2 Å². The number of rotatable bonds is 4. The van der Waals surface area contributed by atoms with Crippen LogP contribution in [0.15, 0.2) is 41.3 Å². The third-order valence-electron chi connectivity index (χ3n) is 5.04. The van der Waals surface area contributed by atoms with Crippen LogP contribution in [0.25, 0.3) is 10.2 Å². The maximum absolute atomic E-state index is 12.6. The topological polar surface area (TPSA) is 79.4 Å². The molecule has 1 aliphatic rings. The average Bonchev–Trinajstić information content (AvgIpc) is 3.32. The van der Waals surface area contributed by atoms with Crippen molar-refractivity contribution in [2.45, 2.75) is 31.6 Å². The second-order valence-corrected chi connectivity index (χ2v) is 9.98. The van der Waals surface area contributed by atoms with Gasteiger partial charge in [0, 0.05) is 18.7 Å². The molecule has 2 heterocycles. The van der Waals surface area contributed by atoms with E-state index in [4.69, 9.17) is 0 Å². The highest BCUT2D eigenvalue weighted by Gasteiger charge is 2.27. The van der Waals surface area contributed by atoms with Gasteiger partial charge in [0.05, 0.1) is 15.1 Å². The Morgan fingerprint density at radius 2 is 1.71 bits per heavy atom. The van der Waals surface area contributed by atoms with Gasteiger partial charge < -0.3 is 0 Å². The lowest BCUT2D eigenvalue weighted by atomic mass is 10.1. The number of benzene rings is 2. The van der Waals surface area contributed by atoms with Crippen molar-refractivity contribution in [1.82, 2.24) is 9.29 Å². The van der Waals surface area contributed by atoms with Crippen molar-refractivity contribution < 1.29 is 13.2 Å². The van der Waals surface area contributed by atoms with Crippen molar-refractivity contribution in [2.24, 2.45) is 0 Å². The molecule has 1 saturated heterocycles. The molecule has 146 valence electrons. The Morgan fingerprint density at radius 3 is 2.39 bits per heavy atom. The Hall–Kier alpha value is -2.29. The van der Waals surface area contributed by atoms with Crippen molar-refractivity contribution in [3.8, 4) is 0 Å². The molecule has 0 spiro atoms. The number of nitrogens with zero attached hydrogens (tertiary/aromatic N) is 2. The number of hydrogen-bond acceptors (Lipinski definition) is 5. The highest BCUT2D eigenvalue weighted by atomic mass is 32.2. The highest BCUT2D eigenvalue weighted by Crippen LogP contribution is 2.29. The molecule has 0 saturated carbocycles. The monoisotopic (exact) mass is 415 g/mol. The molecule has 28 heavy (non-hydrogen) atoms. The Kier molecular flexibility index (Phi) is 4.95. The van der Waals surface area contributed by atoms with E-state index in [1.165, 1.54) is 33.3 Å². The Bertz CT molecular complexity index is 1110. The Balaban J connectivity index is 1.52. The van der Waals surface area contributed by atoms with Crippen LogP contribution in [0.5, 0.6) is 0 Å². The van der Waals surface area contributed by atoms with Gasteiger partial charge in [-0.1, -0.05) is 11.3 Å². The van der Waals surface area contributed by atoms with Crippen LogP contribution < -0.4 is 5.32 Å². The molecule has 8 heteroatoms. The van der Waals surface area contributed by atoms with Crippen LogP contribution in [0.1, 0.15) is 34.3 Å². The summed E-state index contributed by atoms with van der Waals surface area (Å²) in [5, 5.41) is 3.34. The lowest BCUT2D eigenvalue weighted by Crippen LogP contribution is -2.27. The number of thiazole rings is 1. The normalized spacial score (nSPS) is 15.2. The zero-order valence-electron chi connectivity index (χ0n) is 15.7. The smallest absolute Gasteiger partial charge is 0.257 e. The summed E-state index contributed by atoms with van der Waals surface area (Å²) in [7, 11) is -3.47. The molecule has 1 fully saturated rings. The molecule has 6 nitrogen and oxygen atoms in total. The summed E-state index contributed by atoms with van der Waals surface area (Å²) in [6.07, 6.45) is 1.78. The van der Waals surface area contributed by atoms with E-state index in [-0.39, 0.29) is 10.8 Å². The maximum Gasteiger partial charge on any atom is 0.257 e. The predicted molar refractivity (Wildman–Crippen MR) is 111 cm³/mol. The van der Waals surface area contributed by atoms with E-state index in [9.17, 15) is 13.2 Å². The third kappa shape index (κ3) is 3.55. The van der Waals surface area contributed by atoms with Crippen LogP contribution >= 0.6 is 11.3 Å². The number of nitrogens with one attached hydrogen (secondary N) is 1. The van der Waals surface area contributed by atoms with Gasteiger partial charge in [-0.3, -0.25) is 10.1 Å². The maximum atomic E-state index is 12.6. The van der Waals surface area contributed by atoms with Gasteiger partial charge >= 0.3 is 0 Å². The molecule has 0 unspecified atom stereocenters. The summed E-state index contributed by atoms with van der Waals surface area (Å²) in [6, 6.07) is 10.1. The minimum atomic E-state index is -3.47. The number of sulfonamides is 1. The van der Waals surface area contributed by atoms with E-state index in [2.05, 4.69) is 16.4 Å². The SMILES string of the molecule is Cc1cc2nc(NC(=O)c3ccc(S(=O)(=O)N4CCCC4)cc3)sc2cc1C. The largest absolute Gasteiger partial charge is 0.298 e. The summed E-state index contributed by atoms with van der Waals surface area (Å²) < 4.78 is 27.7. The van der Waals surface area contributed by atoms with Crippen LogP contribution in [-0.4, -0.2) is 36.7 Å². The van der Waals surface area contributed by atoms with Crippen molar-refractivity contribution in [2.75, 3.05) is 18.4 Å². The number of carbonyl (C=O) groups excluding carboxylic acids is 1. The molecular weight excluding hydrogens is 394 g/mol. The molecule has 0 aliphatic carbocycles. The summed E-state index contributed by atoms with van der Waals surface area (Å²) in [5.41, 5.74) is 3.59. The summed E-state index contributed by atoms with van der Waals surface area (Å²) in [5.74, 6) is -0.308. The first-order chi connectivity index (χ1) is 13.3. The molecule has 1 amide bonds. The number of amides is 1. The van der Waals surface area contributed by atoms with E-state index in [0.29, 0.717) is 23.8 Å². The summed E-state index contributed by atoms with van der Waals surface area (Å²) >= 11 is 1.42. The highest BCUT2D eigenvalue weighted by molar-refractivity contribution is 7.89. The number of hydrogen-bond donors (Lipinski definition) is 1. The molecule has 0 radical (unpaired) electrons. The van der Waals surface area contributed by atoms with Crippen molar-refractivity contribution in [1.29, 1.82) is 0 Å². The van der Waals surface area contributed by atoms with Gasteiger partial charge in [0.2, 0.25) is 10.0 Å². The molecule has 3 aromatic rings. The van der Waals surface area contributed by atoms with Crippen LogP contribution in [0, 0.1) is 13.8 Å². The number of carbonyl (C=O) groups is 1. The van der Waals surface area contributed by atoms with E-state index in [1.54, 1.807) is 12.1 Å². The van der Waals surface area contributed by atoms with Crippen molar-refractivity contribution >= 4 is 42.6 Å². The Morgan fingerprint density at radius 1 is 1.07 bits per heavy atom. The average molecular weight is 416 g/mol. The van der Waals surface area contributed by atoms with Crippen LogP contribution in [0.3, 0.4) is 0 Å². The fourth-order valence-electron chi connectivity index (χ4n) is 3.26. The van der Waals surface area contributed by atoms with Crippen LogP contribution in [-0.2, 0) is 10.0 Å². The molecule has 0 bridgehead atoms. The number of aromatic nitrogens is 1. The summed E-state index contributed by atoms with van der Waals surface area (Å²) in [6.45, 7) is 5.19. The van der Waals surface area contributed by atoms with E-state index >= 15 is 0 Å². The van der Waals surface area contributed by atoms with Crippen molar-refractivity contribution in [3.63, 3.8) is 0 Å². The van der Waals surface area contributed by atoms with E-state index < -0.39 is 10.0 Å². The van der Waals surface area contributed by atoms with Gasteiger partial charge in [0.1, 0.15) is 0 Å². The molecule has 1 aromatic heterocycles. The van der Waals surface area contributed by atoms with E-state index in [0.717, 1.165) is 28.6 Å². The minimum Gasteiger partial charge on any atom is -0.298 e. The first kappa shape index (κ1) is 19.0. The van der Waals surface area contributed by atoms with Crippen LogP contribution in [0.4, 0.5) is 5.13 Å². The van der Waals surface area contributed by atoms with Gasteiger partial charge in [-0.15, -0.1) is 0 Å². The molecule has 2 aromatic carbocycles. The minimum absolute atomic E-state index is 0.219. The molecule has 1 aliphatic heterocycles. The lowest BCUT2D eigenvalue weighted by molar-refractivity contribution is 0.102. The van der Waals surface area contributed by atoms with Crippen molar-refractivity contribution in [3.05, 3.63) is 53.1 Å². The fourth-order valence-corrected chi connectivity index (χ4v) is 5.72. The van der Waals surface area contributed by atoms with Gasteiger partial charge in [-0.2, -0.15) is 4.31 Å². The number of aryl methyl sites for hydroxylation is 2. The zero-order chi connectivity index (χ0) is 19.9. The second-order valence-electron chi connectivity index (χ2n) is 7.01. The van der Waals surface area contributed by atoms with Crippen LogP contribution in [0.2, 0.25) is 0 Å². The molecular formula is C20H21N3O3S2. The lowest BCUT2D eigenvalue weighted by Gasteiger charge is -2.15. The van der Waals surface area contributed by atoms with Gasteiger partial charge in [-0.25, -0.2) is 13.4 Å². The number of anilines is 1. The quantitative estimate of drug-likeness (QED) is 0.700. The molecule has 4 rings (SSSR count). The fraction of sp³-hybridized carbons (Fsp3) is 0.300. The Labute approximate surface area is 168 Å². The second kappa shape index (κ2) is 7.27. The first-order valence-corrected chi connectivity index (χ1v) is 11.4. The third-order valence-corrected chi connectivity index (χ3v) is 7.89. The predicted octanol–water partition coefficient (Wildman–Crippen LogP) is 3.95. The van der Waals surface area contributed by atoms with Gasteiger partial charge in [0.25, 0.3) is 5.91 Å². The van der Waals surface area contributed by atoms with Gasteiger partial charge in [0.15, 0.2) is 5.13 Å². The zero-order valence-corrected chi connectivity index (χ0v) is 17.4. The summed E-state index contributed by atoms with van der Waals surface area (Å²) in [4.78, 5) is 17.2.